The van der Waals surface area contributed by atoms with Gasteiger partial charge in [0.05, 0.1) is 16.8 Å². The zero-order chi connectivity index (χ0) is 13.4. The number of thiophene rings is 1. The number of aromatic nitrogens is 2. The molecule has 1 atom stereocenters. The van der Waals surface area contributed by atoms with Crippen molar-refractivity contribution >= 4 is 11.3 Å². The molecular formula is C15H20N4S. The molecule has 4 nitrogen and oxygen atoms in total. The third-order valence-corrected chi connectivity index (χ3v) is 5.44. The topological polar surface area (TPSA) is 35.2 Å². The summed E-state index contributed by atoms with van der Waals surface area (Å²) in [5, 5.41) is 9.54. The van der Waals surface area contributed by atoms with Crippen LogP contribution < -0.4 is 0 Å². The van der Waals surface area contributed by atoms with Gasteiger partial charge in [-0.3, -0.25) is 14.9 Å². The molecule has 20 heavy (non-hydrogen) atoms. The first-order valence-electron chi connectivity index (χ1n) is 7.43. The summed E-state index contributed by atoms with van der Waals surface area (Å²) in [5.74, 6) is 0. The summed E-state index contributed by atoms with van der Waals surface area (Å²) in [6, 6.07) is 5.05. The fourth-order valence-corrected chi connectivity index (χ4v) is 4.26. The number of nitrogens with zero attached hydrogens (tertiary/aromatic N) is 3. The van der Waals surface area contributed by atoms with Crippen molar-refractivity contribution in [3.05, 3.63) is 29.3 Å². The maximum Gasteiger partial charge on any atom is 0.0794 e. The van der Waals surface area contributed by atoms with E-state index in [9.17, 15) is 0 Å². The summed E-state index contributed by atoms with van der Waals surface area (Å²) in [5.41, 5.74) is 2.53. The molecule has 0 aromatic carbocycles. The van der Waals surface area contributed by atoms with Crippen LogP contribution in [0.3, 0.4) is 0 Å². The minimum absolute atomic E-state index is 0.792. The molecule has 0 bridgehead atoms. The average molecular weight is 288 g/mol. The Balaban J connectivity index is 1.48. The monoisotopic (exact) mass is 288 g/mol. The number of fused-ring (bicyclic) bond motifs is 1. The molecule has 1 N–H and O–H groups in total. The molecule has 0 aliphatic carbocycles. The lowest BCUT2D eigenvalue weighted by Gasteiger charge is -2.37. The van der Waals surface area contributed by atoms with Crippen molar-refractivity contribution in [2.75, 3.05) is 26.2 Å². The van der Waals surface area contributed by atoms with Crippen molar-refractivity contribution in [1.29, 1.82) is 0 Å². The van der Waals surface area contributed by atoms with Crippen LogP contribution in [-0.2, 0) is 6.54 Å². The largest absolute Gasteiger partial charge is 0.298 e. The lowest BCUT2D eigenvalue weighted by molar-refractivity contribution is 0.0995. The number of piperazine rings is 1. The molecule has 106 valence electrons. The van der Waals surface area contributed by atoms with Gasteiger partial charge in [-0.15, -0.1) is 11.3 Å². The van der Waals surface area contributed by atoms with Gasteiger partial charge in [-0.2, -0.15) is 5.10 Å². The molecule has 2 saturated heterocycles. The highest BCUT2D eigenvalue weighted by Crippen LogP contribution is 2.28. The summed E-state index contributed by atoms with van der Waals surface area (Å²) in [6.45, 7) is 5.97. The quantitative estimate of drug-likeness (QED) is 0.942. The number of aromatic amines is 1. The first kappa shape index (κ1) is 12.6. The van der Waals surface area contributed by atoms with E-state index in [-0.39, 0.29) is 0 Å². The normalized spacial score (nSPS) is 24.1. The Bertz CT molecular complexity index is 562. The molecule has 0 amide bonds. The number of nitrogens with one attached hydrogen (secondary N) is 1. The van der Waals surface area contributed by atoms with E-state index < -0.39 is 0 Å². The van der Waals surface area contributed by atoms with Gasteiger partial charge in [0.25, 0.3) is 0 Å². The number of hydrogen-bond donors (Lipinski definition) is 1. The van der Waals surface area contributed by atoms with Gasteiger partial charge in [-0.05, 0) is 30.8 Å². The van der Waals surface area contributed by atoms with E-state index in [0.717, 1.165) is 12.6 Å². The third kappa shape index (κ3) is 2.30. The van der Waals surface area contributed by atoms with E-state index in [0.29, 0.717) is 0 Å². The first-order valence-corrected chi connectivity index (χ1v) is 8.30. The Morgan fingerprint density at radius 1 is 1.35 bits per heavy atom. The van der Waals surface area contributed by atoms with Crippen LogP contribution >= 0.6 is 11.3 Å². The SMILES string of the molecule is c1csc(-c2[nH]ncc2CN2CCN3CCCC3C2)c1. The molecule has 4 rings (SSSR count). The van der Waals surface area contributed by atoms with E-state index in [4.69, 9.17) is 0 Å². The van der Waals surface area contributed by atoms with Crippen molar-refractivity contribution in [1.82, 2.24) is 20.0 Å². The fraction of sp³-hybridized carbons (Fsp3) is 0.533. The van der Waals surface area contributed by atoms with Crippen LogP contribution in [0.15, 0.2) is 23.7 Å². The highest BCUT2D eigenvalue weighted by atomic mass is 32.1. The van der Waals surface area contributed by atoms with E-state index in [1.54, 1.807) is 11.3 Å². The molecule has 5 heteroatoms. The number of hydrogen-bond acceptors (Lipinski definition) is 4. The maximum absolute atomic E-state index is 4.25. The van der Waals surface area contributed by atoms with Crippen LogP contribution in [0.1, 0.15) is 18.4 Å². The molecule has 0 radical (unpaired) electrons. The van der Waals surface area contributed by atoms with E-state index in [1.807, 2.05) is 6.20 Å². The summed E-state index contributed by atoms with van der Waals surface area (Å²) in [6.07, 6.45) is 4.75. The fourth-order valence-electron chi connectivity index (χ4n) is 3.51. The smallest absolute Gasteiger partial charge is 0.0794 e. The van der Waals surface area contributed by atoms with Crippen molar-refractivity contribution in [3.8, 4) is 10.6 Å². The van der Waals surface area contributed by atoms with Crippen LogP contribution in [0, 0.1) is 0 Å². The van der Waals surface area contributed by atoms with Crippen LogP contribution in [0.5, 0.6) is 0 Å². The summed E-state index contributed by atoms with van der Waals surface area (Å²) >= 11 is 1.77. The molecule has 2 aliphatic heterocycles. The Labute approximate surface area is 123 Å². The summed E-state index contributed by atoms with van der Waals surface area (Å²) in [7, 11) is 0. The second kappa shape index (κ2) is 5.31. The average Bonchev–Trinajstić information content (AvgIpc) is 3.19. The minimum atomic E-state index is 0.792. The summed E-state index contributed by atoms with van der Waals surface area (Å²) in [4.78, 5) is 6.54. The van der Waals surface area contributed by atoms with Crippen LogP contribution in [0.2, 0.25) is 0 Å². The first-order chi connectivity index (χ1) is 9.90. The van der Waals surface area contributed by atoms with Gasteiger partial charge in [-0.25, -0.2) is 0 Å². The third-order valence-electron chi connectivity index (χ3n) is 4.55. The van der Waals surface area contributed by atoms with Gasteiger partial charge >= 0.3 is 0 Å². The second-order valence-electron chi connectivity index (χ2n) is 5.81. The Hall–Kier alpha value is -1.17. The molecule has 1 unspecified atom stereocenters. The highest BCUT2D eigenvalue weighted by molar-refractivity contribution is 7.13. The van der Waals surface area contributed by atoms with E-state index in [1.165, 1.54) is 55.2 Å². The Kier molecular flexibility index (Phi) is 3.34. The van der Waals surface area contributed by atoms with E-state index >= 15 is 0 Å². The van der Waals surface area contributed by atoms with Gasteiger partial charge in [0, 0.05) is 37.8 Å². The predicted octanol–water partition coefficient (Wildman–Crippen LogP) is 2.42. The van der Waals surface area contributed by atoms with Crippen LogP contribution in [0.4, 0.5) is 0 Å². The molecular weight excluding hydrogens is 268 g/mol. The van der Waals surface area contributed by atoms with Gasteiger partial charge < -0.3 is 0 Å². The lowest BCUT2D eigenvalue weighted by Crippen LogP contribution is -2.49. The molecule has 2 aliphatic rings. The molecule has 4 heterocycles. The molecule has 2 aromatic rings. The Morgan fingerprint density at radius 3 is 3.25 bits per heavy atom. The van der Waals surface area contributed by atoms with Crippen LogP contribution in [-0.4, -0.2) is 52.2 Å². The van der Waals surface area contributed by atoms with Gasteiger partial charge in [0.1, 0.15) is 0 Å². The number of rotatable bonds is 3. The molecule has 2 aromatic heterocycles. The van der Waals surface area contributed by atoms with Gasteiger partial charge in [0.15, 0.2) is 0 Å². The van der Waals surface area contributed by atoms with Gasteiger partial charge in [-0.1, -0.05) is 6.07 Å². The second-order valence-corrected chi connectivity index (χ2v) is 6.76. The van der Waals surface area contributed by atoms with Gasteiger partial charge in [0.2, 0.25) is 0 Å². The zero-order valence-corrected chi connectivity index (χ0v) is 12.4. The standard InChI is InChI=1S/C15H20N4S/c1-3-13-11-18(6-7-19(13)5-1)10-12-9-16-17-15(12)14-4-2-8-20-14/h2,4,8-9,13H,1,3,5-7,10-11H2,(H,16,17). The van der Waals surface area contributed by atoms with Crippen molar-refractivity contribution in [2.45, 2.75) is 25.4 Å². The van der Waals surface area contributed by atoms with Crippen LogP contribution in [0.25, 0.3) is 10.6 Å². The maximum atomic E-state index is 4.25. The highest BCUT2D eigenvalue weighted by Gasteiger charge is 2.30. The number of H-pyrrole nitrogens is 1. The zero-order valence-electron chi connectivity index (χ0n) is 11.6. The summed E-state index contributed by atoms with van der Waals surface area (Å²) < 4.78 is 0. The molecule has 0 spiro atoms. The Morgan fingerprint density at radius 2 is 2.35 bits per heavy atom. The van der Waals surface area contributed by atoms with Crippen molar-refractivity contribution in [2.24, 2.45) is 0 Å². The molecule has 2 fully saturated rings. The predicted molar refractivity (Wildman–Crippen MR) is 81.8 cm³/mol. The lowest BCUT2D eigenvalue weighted by atomic mass is 10.1. The van der Waals surface area contributed by atoms with Crippen molar-refractivity contribution < 1.29 is 0 Å². The molecule has 0 saturated carbocycles. The minimum Gasteiger partial charge on any atom is -0.298 e. The van der Waals surface area contributed by atoms with Crippen molar-refractivity contribution in [3.63, 3.8) is 0 Å². The van der Waals surface area contributed by atoms with E-state index in [2.05, 4.69) is 37.5 Å².